The number of hydrogen-bond acceptors (Lipinski definition) is 10. The van der Waals surface area contributed by atoms with E-state index in [0.29, 0.717) is 5.56 Å². The van der Waals surface area contributed by atoms with E-state index in [2.05, 4.69) is 0 Å². The molecule has 0 saturated carbocycles. The number of ether oxygens (including phenoxy) is 2. The fourth-order valence-electron chi connectivity index (χ4n) is 3.39. The van der Waals surface area contributed by atoms with Crippen molar-refractivity contribution in [2.75, 3.05) is 0 Å². The molecule has 1 fully saturated rings. The van der Waals surface area contributed by atoms with Crippen LogP contribution in [-0.2, 0) is 4.74 Å². The average Bonchev–Trinajstić information content (AvgIpc) is 2.73. The predicted octanol–water partition coefficient (Wildman–Crippen LogP) is 0.783. The predicted molar refractivity (Wildman–Crippen MR) is 106 cm³/mol. The molecule has 1 aromatic heterocycles. The number of phenols is 2. The van der Waals surface area contributed by atoms with E-state index in [0.717, 1.165) is 6.07 Å². The molecule has 31 heavy (non-hydrogen) atoms. The number of fused-ring (bicyclic) bond motifs is 1. The van der Waals surface area contributed by atoms with Crippen LogP contribution in [0.1, 0.15) is 6.92 Å². The molecule has 164 valence electrons. The smallest absolute Gasteiger partial charge is 0.238 e. The molecule has 6 N–H and O–H groups in total. The van der Waals surface area contributed by atoms with Gasteiger partial charge in [-0.3, -0.25) is 4.79 Å². The van der Waals surface area contributed by atoms with Crippen molar-refractivity contribution in [1.82, 2.24) is 0 Å². The fraction of sp³-hybridized carbons (Fsp3) is 0.286. The maximum atomic E-state index is 12.6. The van der Waals surface area contributed by atoms with E-state index in [4.69, 9.17) is 13.9 Å². The topological polar surface area (TPSA) is 170 Å². The van der Waals surface area contributed by atoms with Crippen molar-refractivity contribution in [2.45, 2.75) is 37.6 Å². The largest absolute Gasteiger partial charge is 0.508 e. The second-order valence-corrected chi connectivity index (χ2v) is 7.27. The average molecular weight is 432 g/mol. The number of rotatable bonds is 3. The first-order valence-electron chi connectivity index (χ1n) is 9.36. The summed E-state index contributed by atoms with van der Waals surface area (Å²) in [5.41, 5.74) is -0.702. The van der Waals surface area contributed by atoms with Crippen LogP contribution in [0.15, 0.2) is 45.6 Å². The van der Waals surface area contributed by atoms with Crippen LogP contribution in [0.3, 0.4) is 0 Å². The number of aliphatic hydroxyl groups is 3. The van der Waals surface area contributed by atoms with E-state index in [1.807, 2.05) is 0 Å². The highest BCUT2D eigenvalue weighted by Crippen LogP contribution is 2.36. The van der Waals surface area contributed by atoms with Gasteiger partial charge in [0.1, 0.15) is 46.5 Å². The molecular weight excluding hydrogens is 412 g/mol. The van der Waals surface area contributed by atoms with Crippen LogP contribution in [0.5, 0.6) is 23.0 Å². The summed E-state index contributed by atoms with van der Waals surface area (Å²) in [6.07, 6.45) is -6.62. The standard InChI is InChI=1S/C21H20O10/c1-8-15(24)17(26)19(28)21(29-8)30-11-6-12(23)14-13(7-11)31-20(18(27)16(14)25)9-2-4-10(22)5-3-9/h2-8,15,17,19,21-24,26-28H,1H3/t8-,15-,17-,19+,21-/m0/s1. The highest BCUT2D eigenvalue weighted by molar-refractivity contribution is 5.88. The van der Waals surface area contributed by atoms with Crippen LogP contribution in [-0.4, -0.2) is 61.3 Å². The van der Waals surface area contributed by atoms with E-state index in [1.165, 1.54) is 37.3 Å². The lowest BCUT2D eigenvalue weighted by Crippen LogP contribution is -2.58. The Kier molecular flexibility index (Phi) is 5.23. The van der Waals surface area contributed by atoms with Crippen molar-refractivity contribution >= 4 is 11.0 Å². The van der Waals surface area contributed by atoms with Gasteiger partial charge < -0.3 is 44.5 Å². The maximum absolute atomic E-state index is 12.6. The van der Waals surface area contributed by atoms with Crippen LogP contribution in [0.4, 0.5) is 0 Å². The van der Waals surface area contributed by atoms with E-state index in [-0.39, 0.29) is 28.2 Å². The quantitative estimate of drug-likeness (QED) is 0.348. The van der Waals surface area contributed by atoms with Crippen molar-refractivity contribution in [2.24, 2.45) is 0 Å². The van der Waals surface area contributed by atoms with Gasteiger partial charge in [0, 0.05) is 17.7 Å². The Morgan fingerprint density at radius 1 is 0.935 bits per heavy atom. The molecule has 1 aliphatic rings. The van der Waals surface area contributed by atoms with Gasteiger partial charge in [0.15, 0.2) is 5.76 Å². The molecule has 0 unspecified atom stereocenters. The molecule has 0 amide bonds. The molecule has 0 radical (unpaired) electrons. The third-order valence-electron chi connectivity index (χ3n) is 5.11. The zero-order valence-corrected chi connectivity index (χ0v) is 16.2. The van der Waals surface area contributed by atoms with Gasteiger partial charge in [-0.1, -0.05) is 0 Å². The van der Waals surface area contributed by atoms with Gasteiger partial charge in [-0.05, 0) is 31.2 Å². The minimum atomic E-state index is -1.58. The molecule has 0 bridgehead atoms. The first-order chi connectivity index (χ1) is 14.7. The van der Waals surface area contributed by atoms with E-state index < -0.39 is 47.6 Å². The Bertz CT molecular complexity index is 1170. The summed E-state index contributed by atoms with van der Waals surface area (Å²) >= 11 is 0. The third kappa shape index (κ3) is 3.66. The second-order valence-electron chi connectivity index (χ2n) is 7.27. The molecule has 1 aliphatic heterocycles. The Morgan fingerprint density at radius 3 is 2.29 bits per heavy atom. The van der Waals surface area contributed by atoms with Gasteiger partial charge in [-0.15, -0.1) is 0 Å². The van der Waals surface area contributed by atoms with Crippen LogP contribution in [0, 0.1) is 0 Å². The summed E-state index contributed by atoms with van der Waals surface area (Å²) in [5, 5.41) is 59.6. The molecule has 3 aromatic rings. The fourth-order valence-corrected chi connectivity index (χ4v) is 3.39. The summed E-state index contributed by atoms with van der Waals surface area (Å²) in [5.74, 6) is -1.54. The monoisotopic (exact) mass is 432 g/mol. The summed E-state index contributed by atoms with van der Waals surface area (Å²) in [6, 6.07) is 7.87. The first-order valence-corrected chi connectivity index (χ1v) is 9.36. The maximum Gasteiger partial charge on any atom is 0.238 e. The lowest BCUT2D eigenvalue weighted by molar-refractivity contribution is -0.268. The SMILES string of the molecule is C[C@@H]1O[C@@H](Oc2cc(O)c3c(=O)c(O)c(-c4ccc(O)cc4)oc3c2)[C@H](O)[C@@H](O)[C@H]1O. The molecular formula is C21H20O10. The first kappa shape index (κ1) is 20.9. The van der Waals surface area contributed by atoms with Gasteiger partial charge in [0.25, 0.3) is 0 Å². The Labute approximate surface area is 174 Å². The molecule has 2 aromatic carbocycles. The summed E-state index contributed by atoms with van der Waals surface area (Å²) < 4.78 is 16.5. The number of aromatic hydroxyl groups is 3. The van der Waals surface area contributed by atoms with Gasteiger partial charge >= 0.3 is 0 Å². The zero-order valence-electron chi connectivity index (χ0n) is 16.2. The molecule has 0 spiro atoms. The lowest BCUT2D eigenvalue weighted by atomic mass is 10.00. The molecule has 0 aliphatic carbocycles. The molecule has 10 heteroatoms. The number of phenolic OH excluding ortho intramolecular Hbond substituents is 2. The third-order valence-corrected chi connectivity index (χ3v) is 5.11. The van der Waals surface area contributed by atoms with Gasteiger partial charge in [0.2, 0.25) is 17.5 Å². The van der Waals surface area contributed by atoms with Crippen LogP contribution >= 0.6 is 0 Å². The highest BCUT2D eigenvalue weighted by atomic mass is 16.7. The van der Waals surface area contributed by atoms with Crippen molar-refractivity contribution in [3.8, 4) is 34.3 Å². The van der Waals surface area contributed by atoms with Crippen LogP contribution in [0.25, 0.3) is 22.3 Å². The molecule has 2 heterocycles. The Morgan fingerprint density at radius 2 is 1.61 bits per heavy atom. The number of benzene rings is 2. The van der Waals surface area contributed by atoms with E-state index in [1.54, 1.807) is 0 Å². The number of aliphatic hydroxyl groups excluding tert-OH is 3. The van der Waals surface area contributed by atoms with Gasteiger partial charge in [-0.2, -0.15) is 0 Å². The normalized spacial score (nSPS) is 26.1. The molecule has 10 nitrogen and oxygen atoms in total. The van der Waals surface area contributed by atoms with Crippen LogP contribution < -0.4 is 10.2 Å². The van der Waals surface area contributed by atoms with Crippen molar-refractivity contribution in [3.05, 3.63) is 46.6 Å². The minimum Gasteiger partial charge on any atom is -0.508 e. The van der Waals surface area contributed by atoms with Crippen molar-refractivity contribution < 1.29 is 44.5 Å². The van der Waals surface area contributed by atoms with Crippen molar-refractivity contribution in [1.29, 1.82) is 0 Å². The zero-order chi connectivity index (χ0) is 22.4. The van der Waals surface area contributed by atoms with Crippen LogP contribution in [0.2, 0.25) is 0 Å². The number of hydrogen-bond donors (Lipinski definition) is 6. The summed E-state index contributed by atoms with van der Waals surface area (Å²) in [6.45, 7) is 1.49. The summed E-state index contributed by atoms with van der Waals surface area (Å²) in [4.78, 5) is 12.6. The Balaban J connectivity index is 1.76. The van der Waals surface area contributed by atoms with E-state index in [9.17, 15) is 35.4 Å². The second kappa shape index (κ2) is 7.75. The lowest BCUT2D eigenvalue weighted by Gasteiger charge is -2.38. The molecule has 4 rings (SSSR count). The Hall–Kier alpha value is -3.31. The van der Waals surface area contributed by atoms with Gasteiger partial charge in [0.05, 0.1) is 6.10 Å². The van der Waals surface area contributed by atoms with Crippen molar-refractivity contribution in [3.63, 3.8) is 0 Å². The molecule has 5 atom stereocenters. The van der Waals surface area contributed by atoms with Gasteiger partial charge in [-0.25, -0.2) is 0 Å². The minimum absolute atomic E-state index is 0.0210. The molecule has 1 saturated heterocycles. The highest BCUT2D eigenvalue weighted by Gasteiger charge is 2.43. The summed E-state index contributed by atoms with van der Waals surface area (Å²) in [7, 11) is 0. The van der Waals surface area contributed by atoms with E-state index >= 15 is 0 Å².